The van der Waals surface area contributed by atoms with Gasteiger partial charge in [-0.15, -0.1) is 0 Å². The summed E-state index contributed by atoms with van der Waals surface area (Å²) in [4.78, 5) is 0. The lowest BCUT2D eigenvalue weighted by atomic mass is 10.1. The monoisotopic (exact) mass is 225 g/mol. The summed E-state index contributed by atoms with van der Waals surface area (Å²) >= 11 is 5.79. The molecule has 3 heteroatoms. The molecule has 82 valence electrons. The van der Waals surface area contributed by atoms with E-state index in [4.69, 9.17) is 16.7 Å². The second-order valence-corrected chi connectivity index (χ2v) is 3.88. The lowest BCUT2D eigenvalue weighted by molar-refractivity contribution is 0.294. The molecule has 15 heavy (non-hydrogen) atoms. The summed E-state index contributed by atoms with van der Waals surface area (Å²) in [6.45, 7) is 3.65. The fourth-order valence-corrected chi connectivity index (χ4v) is 1.39. The van der Waals surface area contributed by atoms with Crippen molar-refractivity contribution in [2.24, 2.45) is 0 Å². The highest BCUT2D eigenvalue weighted by Crippen LogP contribution is 2.12. The minimum atomic E-state index is 0.175. The Morgan fingerprint density at radius 2 is 2.07 bits per heavy atom. The van der Waals surface area contributed by atoms with Crippen molar-refractivity contribution in [3.8, 4) is 0 Å². The zero-order valence-corrected chi connectivity index (χ0v) is 9.59. The van der Waals surface area contributed by atoms with E-state index in [-0.39, 0.29) is 6.61 Å². The molecule has 0 aliphatic heterocycles. The summed E-state index contributed by atoms with van der Waals surface area (Å²) in [7, 11) is 0. The second kappa shape index (κ2) is 6.62. The smallest absolute Gasteiger partial charge is 0.0556 e. The Balaban J connectivity index is 2.50. The Morgan fingerprint density at radius 3 is 2.67 bits per heavy atom. The van der Waals surface area contributed by atoms with Crippen molar-refractivity contribution in [2.45, 2.75) is 6.92 Å². The Labute approximate surface area is 95.6 Å². The van der Waals surface area contributed by atoms with Crippen molar-refractivity contribution in [1.29, 1.82) is 0 Å². The van der Waals surface area contributed by atoms with E-state index in [1.807, 2.05) is 24.3 Å². The number of aliphatic hydroxyl groups is 1. The summed E-state index contributed by atoms with van der Waals surface area (Å²) in [5, 5.41) is 12.5. The second-order valence-electron chi connectivity index (χ2n) is 3.44. The fourth-order valence-electron chi connectivity index (χ4n) is 1.26. The van der Waals surface area contributed by atoms with Crippen LogP contribution in [0.4, 0.5) is 0 Å². The van der Waals surface area contributed by atoms with Crippen LogP contribution in [0.2, 0.25) is 5.02 Å². The molecule has 0 fully saturated rings. The molecule has 0 aromatic heterocycles. The molecular weight excluding hydrogens is 210 g/mol. The normalized spacial score (nSPS) is 11.8. The van der Waals surface area contributed by atoms with Gasteiger partial charge in [-0.2, -0.15) is 0 Å². The van der Waals surface area contributed by atoms with Gasteiger partial charge in [-0.3, -0.25) is 0 Å². The molecule has 0 saturated heterocycles. The Kier molecular flexibility index (Phi) is 5.40. The van der Waals surface area contributed by atoms with Crippen molar-refractivity contribution >= 4 is 17.7 Å². The first kappa shape index (κ1) is 12.2. The molecule has 0 saturated carbocycles. The van der Waals surface area contributed by atoms with Crippen LogP contribution in [0.15, 0.2) is 29.8 Å². The Bertz CT molecular complexity index is 319. The quantitative estimate of drug-likeness (QED) is 0.754. The molecule has 2 N–H and O–H groups in total. The van der Waals surface area contributed by atoms with Crippen LogP contribution in [0.1, 0.15) is 12.5 Å². The summed E-state index contributed by atoms with van der Waals surface area (Å²) in [6.07, 6.45) is 2.10. The minimum absolute atomic E-state index is 0.175. The molecule has 0 unspecified atom stereocenters. The summed E-state index contributed by atoms with van der Waals surface area (Å²) in [5.41, 5.74) is 2.37. The van der Waals surface area contributed by atoms with Crippen LogP contribution in [0.5, 0.6) is 0 Å². The third-order valence-corrected chi connectivity index (χ3v) is 2.23. The number of hydrogen-bond acceptors (Lipinski definition) is 2. The van der Waals surface area contributed by atoms with E-state index in [2.05, 4.69) is 18.3 Å². The highest BCUT2D eigenvalue weighted by molar-refractivity contribution is 6.30. The standard InChI is InChI=1S/C12H16ClNO/c1-10(9-14-6-7-15)8-11-2-4-12(13)5-3-11/h2-5,8,14-15H,6-7,9H2,1H3/b10-8-. The topological polar surface area (TPSA) is 32.3 Å². The van der Waals surface area contributed by atoms with Gasteiger partial charge in [0, 0.05) is 18.1 Å². The minimum Gasteiger partial charge on any atom is -0.395 e. The third kappa shape index (κ3) is 4.98. The van der Waals surface area contributed by atoms with Crippen LogP contribution in [-0.2, 0) is 0 Å². The number of aliphatic hydroxyl groups excluding tert-OH is 1. The predicted molar refractivity (Wildman–Crippen MR) is 65.1 cm³/mol. The molecule has 1 aromatic carbocycles. The summed E-state index contributed by atoms with van der Waals surface area (Å²) in [5.74, 6) is 0. The number of hydrogen-bond donors (Lipinski definition) is 2. The fraction of sp³-hybridized carbons (Fsp3) is 0.333. The lowest BCUT2D eigenvalue weighted by Gasteiger charge is -2.03. The maximum atomic E-state index is 8.60. The van der Waals surface area contributed by atoms with Gasteiger partial charge in [-0.05, 0) is 24.6 Å². The van der Waals surface area contributed by atoms with Gasteiger partial charge in [0.2, 0.25) is 0 Å². The highest BCUT2D eigenvalue weighted by atomic mass is 35.5. The maximum Gasteiger partial charge on any atom is 0.0556 e. The van der Waals surface area contributed by atoms with Gasteiger partial charge in [0.05, 0.1) is 6.61 Å². The van der Waals surface area contributed by atoms with E-state index in [0.29, 0.717) is 6.54 Å². The van der Waals surface area contributed by atoms with Gasteiger partial charge in [0.15, 0.2) is 0 Å². The first-order valence-electron chi connectivity index (χ1n) is 4.96. The molecule has 0 bridgehead atoms. The van der Waals surface area contributed by atoms with E-state index in [1.54, 1.807) is 0 Å². The van der Waals surface area contributed by atoms with E-state index in [0.717, 1.165) is 17.1 Å². The van der Waals surface area contributed by atoms with Crippen molar-refractivity contribution in [2.75, 3.05) is 19.7 Å². The predicted octanol–water partition coefficient (Wildman–Crippen LogP) is 2.33. The van der Waals surface area contributed by atoms with E-state index < -0.39 is 0 Å². The molecule has 0 spiro atoms. The van der Waals surface area contributed by atoms with Crippen molar-refractivity contribution in [1.82, 2.24) is 5.32 Å². The van der Waals surface area contributed by atoms with E-state index >= 15 is 0 Å². The number of rotatable bonds is 5. The van der Waals surface area contributed by atoms with Gasteiger partial charge in [-0.25, -0.2) is 0 Å². The molecule has 0 aliphatic rings. The largest absolute Gasteiger partial charge is 0.395 e. The Morgan fingerprint density at radius 1 is 1.40 bits per heavy atom. The molecule has 1 rings (SSSR count). The molecule has 0 aliphatic carbocycles. The number of benzene rings is 1. The van der Waals surface area contributed by atoms with Crippen LogP contribution >= 0.6 is 11.6 Å². The van der Waals surface area contributed by atoms with Gasteiger partial charge in [-0.1, -0.05) is 35.4 Å². The molecule has 2 nitrogen and oxygen atoms in total. The molecule has 1 aromatic rings. The van der Waals surface area contributed by atoms with E-state index in [9.17, 15) is 0 Å². The van der Waals surface area contributed by atoms with E-state index in [1.165, 1.54) is 5.57 Å². The molecule has 0 atom stereocenters. The van der Waals surface area contributed by atoms with Gasteiger partial charge < -0.3 is 10.4 Å². The summed E-state index contributed by atoms with van der Waals surface area (Å²) < 4.78 is 0. The maximum absolute atomic E-state index is 8.60. The third-order valence-electron chi connectivity index (χ3n) is 1.98. The van der Waals surface area contributed by atoms with Crippen LogP contribution < -0.4 is 5.32 Å². The Hall–Kier alpha value is -0.830. The highest BCUT2D eigenvalue weighted by Gasteiger charge is 1.92. The van der Waals surface area contributed by atoms with Gasteiger partial charge in [0.25, 0.3) is 0 Å². The van der Waals surface area contributed by atoms with Crippen LogP contribution in [0.3, 0.4) is 0 Å². The zero-order valence-electron chi connectivity index (χ0n) is 8.83. The van der Waals surface area contributed by atoms with Crippen LogP contribution in [0, 0.1) is 0 Å². The van der Waals surface area contributed by atoms with Gasteiger partial charge in [0.1, 0.15) is 0 Å². The molecular formula is C12H16ClNO. The number of halogens is 1. The van der Waals surface area contributed by atoms with Crippen LogP contribution in [-0.4, -0.2) is 24.8 Å². The molecule has 0 amide bonds. The average Bonchev–Trinajstić information content (AvgIpc) is 2.22. The molecule has 0 radical (unpaired) electrons. The van der Waals surface area contributed by atoms with Gasteiger partial charge >= 0.3 is 0 Å². The first-order valence-corrected chi connectivity index (χ1v) is 5.34. The van der Waals surface area contributed by atoms with Crippen LogP contribution in [0.25, 0.3) is 6.08 Å². The lowest BCUT2D eigenvalue weighted by Crippen LogP contribution is -2.19. The molecule has 0 heterocycles. The van der Waals surface area contributed by atoms with Crippen molar-refractivity contribution < 1.29 is 5.11 Å². The summed E-state index contributed by atoms with van der Waals surface area (Å²) in [6, 6.07) is 7.72. The van der Waals surface area contributed by atoms with Crippen molar-refractivity contribution in [3.63, 3.8) is 0 Å². The first-order chi connectivity index (χ1) is 7.22. The van der Waals surface area contributed by atoms with Crippen molar-refractivity contribution in [3.05, 3.63) is 40.4 Å². The zero-order chi connectivity index (χ0) is 11.1. The number of nitrogens with one attached hydrogen (secondary N) is 1. The average molecular weight is 226 g/mol. The SMILES string of the molecule is C/C(=C/c1ccc(Cl)cc1)CNCCO.